The molecule has 5 heteroatoms. The Kier molecular flexibility index (Phi) is 5.41. The fourth-order valence-electron chi connectivity index (χ4n) is 1.46. The van der Waals surface area contributed by atoms with Gasteiger partial charge in [-0.25, -0.2) is 0 Å². The summed E-state index contributed by atoms with van der Waals surface area (Å²) in [5.41, 5.74) is 5.30. The largest absolute Gasteiger partial charge is 0.492 e. The summed E-state index contributed by atoms with van der Waals surface area (Å²) in [6.45, 7) is 4.59. The van der Waals surface area contributed by atoms with Crippen molar-refractivity contribution in [2.24, 2.45) is 11.1 Å². The summed E-state index contributed by atoms with van der Waals surface area (Å²) in [5, 5.41) is 8.03. The van der Waals surface area contributed by atoms with Gasteiger partial charge in [-0.05, 0) is 19.3 Å². The summed E-state index contributed by atoms with van der Waals surface area (Å²) in [6, 6.07) is 1.74. The first-order chi connectivity index (χ1) is 8.42. The van der Waals surface area contributed by atoms with Crippen molar-refractivity contribution >= 4 is 17.4 Å². The van der Waals surface area contributed by atoms with Crippen LogP contribution in [0, 0.1) is 10.8 Å². The second-order valence-corrected chi connectivity index (χ2v) is 5.38. The SMILES string of the molecule is CC(C)(CCCCOc1cncc(Cl)c1)C(=N)N. The number of nitrogens with zero attached hydrogens (tertiary/aromatic N) is 1. The quantitative estimate of drug-likeness (QED) is 0.453. The molecule has 0 aliphatic heterocycles. The van der Waals surface area contributed by atoms with Gasteiger partial charge >= 0.3 is 0 Å². The number of nitrogens with one attached hydrogen (secondary N) is 1. The van der Waals surface area contributed by atoms with Gasteiger partial charge in [-0.3, -0.25) is 10.4 Å². The fraction of sp³-hybridized carbons (Fsp3) is 0.538. The third kappa shape index (κ3) is 4.92. The standard InChI is InChI=1S/C13H20ClN3O/c1-13(2,12(15)16)5-3-4-6-18-11-7-10(14)8-17-9-11/h7-9H,3-6H2,1-2H3,(H3,15,16). The maximum atomic E-state index is 7.46. The van der Waals surface area contributed by atoms with E-state index in [4.69, 9.17) is 27.5 Å². The molecule has 0 radical (unpaired) electrons. The lowest BCUT2D eigenvalue weighted by Crippen LogP contribution is -2.30. The summed E-state index contributed by atoms with van der Waals surface area (Å²) in [4.78, 5) is 3.94. The molecule has 0 spiro atoms. The Labute approximate surface area is 113 Å². The highest BCUT2D eigenvalue weighted by Crippen LogP contribution is 2.23. The molecule has 1 heterocycles. The fourth-order valence-corrected chi connectivity index (χ4v) is 1.63. The van der Waals surface area contributed by atoms with Crippen molar-refractivity contribution in [3.8, 4) is 5.75 Å². The van der Waals surface area contributed by atoms with E-state index in [1.807, 2.05) is 13.8 Å². The van der Waals surface area contributed by atoms with Crippen LogP contribution in [0.15, 0.2) is 18.5 Å². The van der Waals surface area contributed by atoms with Crippen LogP contribution in [0.1, 0.15) is 33.1 Å². The van der Waals surface area contributed by atoms with E-state index >= 15 is 0 Å². The molecule has 100 valence electrons. The molecule has 0 saturated heterocycles. The summed E-state index contributed by atoms with van der Waals surface area (Å²) in [6.07, 6.45) is 6.00. The molecule has 0 atom stereocenters. The smallest absolute Gasteiger partial charge is 0.139 e. The molecule has 3 N–H and O–H groups in total. The number of amidine groups is 1. The first-order valence-electron chi connectivity index (χ1n) is 6.00. The average molecular weight is 270 g/mol. The minimum atomic E-state index is -0.225. The molecule has 1 rings (SSSR count). The zero-order chi connectivity index (χ0) is 13.6. The third-order valence-corrected chi connectivity index (χ3v) is 3.08. The minimum Gasteiger partial charge on any atom is -0.492 e. The Morgan fingerprint density at radius 2 is 2.17 bits per heavy atom. The van der Waals surface area contributed by atoms with Crippen LogP contribution in [0.5, 0.6) is 5.75 Å². The van der Waals surface area contributed by atoms with Crippen LogP contribution in [0.25, 0.3) is 0 Å². The number of hydrogen-bond acceptors (Lipinski definition) is 3. The van der Waals surface area contributed by atoms with Crippen LogP contribution < -0.4 is 10.5 Å². The van der Waals surface area contributed by atoms with E-state index in [0.29, 0.717) is 17.4 Å². The van der Waals surface area contributed by atoms with Gasteiger partial charge in [0.25, 0.3) is 0 Å². The molecule has 1 aromatic heterocycles. The van der Waals surface area contributed by atoms with E-state index in [0.717, 1.165) is 19.3 Å². The first kappa shape index (κ1) is 14.8. The molecular formula is C13H20ClN3O. The Morgan fingerprint density at radius 1 is 1.44 bits per heavy atom. The lowest BCUT2D eigenvalue weighted by atomic mass is 9.86. The topological polar surface area (TPSA) is 72.0 Å². The van der Waals surface area contributed by atoms with Crippen molar-refractivity contribution in [2.45, 2.75) is 33.1 Å². The van der Waals surface area contributed by atoms with Crippen molar-refractivity contribution in [3.63, 3.8) is 0 Å². The number of hydrogen-bond donors (Lipinski definition) is 2. The highest BCUT2D eigenvalue weighted by atomic mass is 35.5. The normalized spacial score (nSPS) is 11.3. The van der Waals surface area contributed by atoms with Crippen molar-refractivity contribution in [2.75, 3.05) is 6.61 Å². The predicted molar refractivity (Wildman–Crippen MR) is 74.3 cm³/mol. The van der Waals surface area contributed by atoms with Crippen molar-refractivity contribution in [1.29, 1.82) is 5.41 Å². The number of ether oxygens (including phenoxy) is 1. The van der Waals surface area contributed by atoms with Gasteiger partial charge in [0, 0.05) is 17.7 Å². The maximum Gasteiger partial charge on any atom is 0.139 e. The molecule has 0 aliphatic carbocycles. The molecule has 1 aromatic rings. The van der Waals surface area contributed by atoms with Crippen LogP contribution in [-0.4, -0.2) is 17.4 Å². The highest BCUT2D eigenvalue weighted by Gasteiger charge is 2.20. The van der Waals surface area contributed by atoms with Crippen LogP contribution in [0.2, 0.25) is 5.02 Å². The molecule has 0 bridgehead atoms. The number of aromatic nitrogens is 1. The molecule has 4 nitrogen and oxygen atoms in total. The molecule has 0 aromatic carbocycles. The lowest BCUT2D eigenvalue weighted by Gasteiger charge is -2.22. The number of halogens is 1. The summed E-state index contributed by atoms with van der Waals surface area (Å²) in [7, 11) is 0. The van der Waals surface area contributed by atoms with E-state index in [2.05, 4.69) is 4.98 Å². The number of pyridine rings is 1. The highest BCUT2D eigenvalue weighted by molar-refractivity contribution is 6.30. The van der Waals surface area contributed by atoms with Gasteiger partial charge in [0.1, 0.15) is 5.75 Å². The maximum absolute atomic E-state index is 7.46. The van der Waals surface area contributed by atoms with Crippen molar-refractivity contribution < 1.29 is 4.74 Å². The predicted octanol–water partition coefficient (Wildman–Crippen LogP) is 3.25. The zero-order valence-corrected chi connectivity index (χ0v) is 11.6. The summed E-state index contributed by atoms with van der Waals surface area (Å²) < 4.78 is 5.53. The van der Waals surface area contributed by atoms with Gasteiger partial charge in [-0.15, -0.1) is 0 Å². The van der Waals surface area contributed by atoms with Crippen LogP contribution >= 0.6 is 11.6 Å². The van der Waals surface area contributed by atoms with Gasteiger partial charge in [0.2, 0.25) is 0 Å². The van der Waals surface area contributed by atoms with Crippen LogP contribution in [-0.2, 0) is 0 Å². The van der Waals surface area contributed by atoms with Crippen LogP contribution in [0.4, 0.5) is 0 Å². The third-order valence-electron chi connectivity index (χ3n) is 2.87. The molecular weight excluding hydrogens is 250 g/mol. The van der Waals surface area contributed by atoms with E-state index in [9.17, 15) is 0 Å². The van der Waals surface area contributed by atoms with E-state index in [1.165, 1.54) is 0 Å². The monoisotopic (exact) mass is 269 g/mol. The first-order valence-corrected chi connectivity index (χ1v) is 6.37. The van der Waals surface area contributed by atoms with Gasteiger partial charge in [0.15, 0.2) is 0 Å². The zero-order valence-electron chi connectivity index (χ0n) is 10.9. The number of nitrogens with two attached hydrogens (primary N) is 1. The number of rotatable bonds is 7. The second-order valence-electron chi connectivity index (χ2n) is 4.94. The van der Waals surface area contributed by atoms with Gasteiger partial charge in [-0.1, -0.05) is 25.4 Å². The number of unbranched alkanes of at least 4 members (excludes halogenated alkanes) is 1. The lowest BCUT2D eigenvalue weighted by molar-refractivity contribution is 0.295. The molecule has 0 fully saturated rings. The summed E-state index contributed by atoms with van der Waals surface area (Å²) in [5.74, 6) is 0.927. The van der Waals surface area contributed by atoms with Crippen LogP contribution in [0.3, 0.4) is 0 Å². The Bertz CT molecular complexity index is 407. The Morgan fingerprint density at radius 3 is 2.78 bits per heavy atom. The van der Waals surface area contributed by atoms with Crippen molar-refractivity contribution in [3.05, 3.63) is 23.5 Å². The van der Waals surface area contributed by atoms with E-state index < -0.39 is 0 Å². The molecule has 0 aliphatic rings. The van der Waals surface area contributed by atoms with E-state index in [-0.39, 0.29) is 11.3 Å². The molecule has 0 amide bonds. The van der Waals surface area contributed by atoms with Gasteiger partial charge in [-0.2, -0.15) is 0 Å². The Balaban J connectivity index is 2.22. The summed E-state index contributed by atoms with van der Waals surface area (Å²) >= 11 is 5.80. The van der Waals surface area contributed by atoms with E-state index in [1.54, 1.807) is 18.5 Å². The average Bonchev–Trinajstić information content (AvgIpc) is 2.28. The molecule has 0 unspecified atom stereocenters. The Hall–Kier alpha value is -1.29. The minimum absolute atomic E-state index is 0.225. The second kappa shape index (κ2) is 6.59. The molecule has 18 heavy (non-hydrogen) atoms. The molecule has 0 saturated carbocycles. The van der Waals surface area contributed by atoms with Crippen molar-refractivity contribution in [1.82, 2.24) is 4.98 Å². The van der Waals surface area contributed by atoms with Gasteiger partial charge in [0.05, 0.1) is 23.7 Å². The van der Waals surface area contributed by atoms with Gasteiger partial charge < -0.3 is 10.5 Å².